The molecule has 4 N–H and O–H groups in total. The van der Waals surface area contributed by atoms with Gasteiger partial charge in [-0.1, -0.05) is 78.9 Å². The quantitative estimate of drug-likeness (QED) is 0.153. The number of fused-ring (bicyclic) bond motifs is 8. The molecule has 2 heteroatoms. The summed E-state index contributed by atoms with van der Waals surface area (Å²) in [5.41, 5.74) is 15.7. The molecule has 0 saturated carbocycles. The highest BCUT2D eigenvalue weighted by atomic mass is 14.6. The van der Waals surface area contributed by atoms with Gasteiger partial charge in [0.1, 0.15) is 0 Å². The lowest BCUT2D eigenvalue weighted by atomic mass is 9.93. The van der Waals surface area contributed by atoms with Crippen molar-refractivity contribution in [1.82, 2.24) is 0 Å². The van der Waals surface area contributed by atoms with E-state index in [0.29, 0.717) is 0 Å². The van der Waals surface area contributed by atoms with Gasteiger partial charge in [-0.05, 0) is 59.9 Å². The highest BCUT2D eigenvalue weighted by molar-refractivity contribution is 6.44. The number of rotatable bonds is 0. The largest absolute Gasteiger partial charge is 0.398 e. The molecule has 0 aromatic heterocycles. The number of anilines is 2. The van der Waals surface area contributed by atoms with Crippen LogP contribution in [0.2, 0.25) is 0 Å². The van der Waals surface area contributed by atoms with Gasteiger partial charge in [-0.2, -0.15) is 0 Å². The molecule has 0 spiro atoms. The van der Waals surface area contributed by atoms with Crippen molar-refractivity contribution >= 4 is 86.8 Å². The van der Waals surface area contributed by atoms with Crippen molar-refractivity contribution in [3.63, 3.8) is 0 Å². The first-order valence-corrected chi connectivity index (χ1v) is 11.0. The Kier molecular flexibility index (Phi) is 2.71. The van der Waals surface area contributed by atoms with Gasteiger partial charge in [-0.15, -0.1) is 0 Å². The lowest BCUT2D eigenvalue weighted by Crippen LogP contribution is -1.95. The van der Waals surface area contributed by atoms with E-state index in [1.54, 1.807) is 0 Å². The predicted molar refractivity (Wildman–Crippen MR) is 140 cm³/mol. The molecule has 8 rings (SSSR count). The summed E-state index contributed by atoms with van der Waals surface area (Å²) in [6, 6.07) is 30.3. The molecule has 0 unspecified atom stereocenters. The summed E-state index contributed by atoms with van der Waals surface area (Å²) in [7, 11) is 0. The second-order valence-corrected chi connectivity index (χ2v) is 8.91. The minimum atomic E-state index is 0.820. The van der Waals surface area contributed by atoms with Gasteiger partial charge in [0, 0.05) is 32.9 Å². The Balaban J connectivity index is 1.76. The third kappa shape index (κ3) is 1.68. The monoisotopic (exact) mass is 406 g/mol. The zero-order valence-corrected chi connectivity index (χ0v) is 17.2. The van der Waals surface area contributed by atoms with Crippen molar-refractivity contribution < 1.29 is 0 Å². The van der Waals surface area contributed by atoms with Crippen molar-refractivity contribution in [2.24, 2.45) is 0 Å². The molecule has 0 heterocycles. The first-order valence-electron chi connectivity index (χ1n) is 11.0. The molecule has 8 aromatic carbocycles. The predicted octanol–water partition coefficient (Wildman–Crippen LogP) is 7.80. The molecular formula is C30H18N2. The fourth-order valence-electron chi connectivity index (χ4n) is 6.22. The van der Waals surface area contributed by atoms with Crippen LogP contribution in [0.25, 0.3) is 75.4 Å². The van der Waals surface area contributed by atoms with E-state index in [4.69, 9.17) is 11.5 Å². The fraction of sp³-hybridized carbons (Fsp3) is 0. The normalized spacial score (nSPS) is 12.6. The average Bonchev–Trinajstić information content (AvgIpc) is 3.34. The highest BCUT2D eigenvalue weighted by Gasteiger charge is 2.22. The standard InChI is InChI=1S/C30H18N2/c31-29-23-14-22-17-9-2-1-8-16(17)18-10-5-13-21(25(18)22)26(23)30(32)28-20-12-4-7-15-6-3-11-19(24(15)20)27(28)29/h1-14H,31-32H2. The maximum Gasteiger partial charge on any atom is 0.0487 e. The van der Waals surface area contributed by atoms with Gasteiger partial charge in [0.15, 0.2) is 0 Å². The van der Waals surface area contributed by atoms with Crippen LogP contribution in [0.4, 0.5) is 11.4 Å². The summed E-state index contributed by atoms with van der Waals surface area (Å²) in [5, 5.41) is 16.7. The Bertz CT molecular complexity index is 2040. The molecule has 0 aliphatic rings. The summed E-state index contributed by atoms with van der Waals surface area (Å²) in [6.45, 7) is 0. The maximum absolute atomic E-state index is 7.03. The third-order valence-electron chi connectivity index (χ3n) is 7.46. The molecule has 0 amide bonds. The summed E-state index contributed by atoms with van der Waals surface area (Å²) in [5.74, 6) is 0. The van der Waals surface area contributed by atoms with Crippen LogP contribution < -0.4 is 11.5 Å². The van der Waals surface area contributed by atoms with E-state index in [1.165, 1.54) is 53.9 Å². The topological polar surface area (TPSA) is 52.0 Å². The van der Waals surface area contributed by atoms with Crippen LogP contribution >= 0.6 is 0 Å². The van der Waals surface area contributed by atoms with Crippen molar-refractivity contribution in [3.05, 3.63) is 84.9 Å². The maximum atomic E-state index is 7.03. The van der Waals surface area contributed by atoms with E-state index in [-0.39, 0.29) is 0 Å². The summed E-state index contributed by atoms with van der Waals surface area (Å²) in [4.78, 5) is 0. The molecule has 0 saturated heterocycles. The molecule has 0 aliphatic heterocycles. The Hall–Kier alpha value is -4.30. The van der Waals surface area contributed by atoms with E-state index < -0.39 is 0 Å². The Labute approximate surface area is 183 Å². The first kappa shape index (κ1) is 16.4. The van der Waals surface area contributed by atoms with Crippen LogP contribution in [0.5, 0.6) is 0 Å². The van der Waals surface area contributed by atoms with E-state index in [1.807, 2.05) is 0 Å². The van der Waals surface area contributed by atoms with Gasteiger partial charge in [-0.3, -0.25) is 0 Å². The van der Waals surface area contributed by atoms with E-state index in [0.717, 1.165) is 32.9 Å². The molecule has 2 nitrogen and oxygen atoms in total. The zero-order valence-electron chi connectivity index (χ0n) is 17.2. The van der Waals surface area contributed by atoms with Crippen molar-refractivity contribution in [1.29, 1.82) is 0 Å². The molecule has 8 aromatic rings. The summed E-state index contributed by atoms with van der Waals surface area (Å²) in [6.07, 6.45) is 0. The van der Waals surface area contributed by atoms with E-state index >= 15 is 0 Å². The van der Waals surface area contributed by atoms with Crippen molar-refractivity contribution in [2.45, 2.75) is 0 Å². The van der Waals surface area contributed by atoms with E-state index in [2.05, 4.69) is 84.9 Å². The fourth-order valence-corrected chi connectivity index (χ4v) is 6.22. The molecular weight excluding hydrogens is 388 g/mol. The minimum Gasteiger partial charge on any atom is -0.398 e. The number of nitrogen functional groups attached to an aromatic ring is 2. The molecule has 148 valence electrons. The van der Waals surface area contributed by atoms with Crippen molar-refractivity contribution in [2.75, 3.05) is 11.5 Å². The van der Waals surface area contributed by atoms with Gasteiger partial charge < -0.3 is 11.5 Å². The van der Waals surface area contributed by atoms with Crippen LogP contribution in [0.15, 0.2) is 84.9 Å². The van der Waals surface area contributed by atoms with Crippen LogP contribution in [-0.2, 0) is 0 Å². The first-order chi connectivity index (χ1) is 15.7. The molecule has 0 atom stereocenters. The van der Waals surface area contributed by atoms with Gasteiger partial charge in [0.05, 0.1) is 0 Å². The second kappa shape index (κ2) is 5.30. The number of hydrogen-bond donors (Lipinski definition) is 2. The average molecular weight is 406 g/mol. The zero-order chi connectivity index (χ0) is 21.1. The van der Waals surface area contributed by atoms with E-state index in [9.17, 15) is 0 Å². The minimum absolute atomic E-state index is 0.820. The van der Waals surface area contributed by atoms with Crippen LogP contribution in [0.1, 0.15) is 0 Å². The lowest BCUT2D eigenvalue weighted by Gasteiger charge is -2.13. The summed E-state index contributed by atoms with van der Waals surface area (Å²) >= 11 is 0. The van der Waals surface area contributed by atoms with Gasteiger partial charge in [-0.25, -0.2) is 0 Å². The van der Waals surface area contributed by atoms with Gasteiger partial charge in [0.25, 0.3) is 0 Å². The highest BCUT2D eigenvalue weighted by Crippen LogP contribution is 2.51. The third-order valence-corrected chi connectivity index (χ3v) is 7.46. The Morgan fingerprint density at radius 1 is 0.344 bits per heavy atom. The van der Waals surface area contributed by atoms with Gasteiger partial charge >= 0.3 is 0 Å². The Morgan fingerprint density at radius 2 is 0.875 bits per heavy atom. The number of hydrogen-bond acceptors (Lipinski definition) is 2. The van der Waals surface area contributed by atoms with Crippen LogP contribution in [-0.4, -0.2) is 0 Å². The molecule has 0 bridgehead atoms. The Morgan fingerprint density at radius 3 is 1.59 bits per heavy atom. The summed E-state index contributed by atoms with van der Waals surface area (Å²) < 4.78 is 0. The SMILES string of the molecule is Nc1c2cc3c4ccccc4c4cccc(c2c(N)c2c5cccc6cccc(c12)c65)c43. The molecule has 0 fully saturated rings. The van der Waals surface area contributed by atoms with Crippen LogP contribution in [0.3, 0.4) is 0 Å². The molecule has 32 heavy (non-hydrogen) atoms. The number of benzene rings is 6. The lowest BCUT2D eigenvalue weighted by molar-refractivity contribution is 1.85. The van der Waals surface area contributed by atoms with Gasteiger partial charge in [0.2, 0.25) is 0 Å². The van der Waals surface area contributed by atoms with Crippen molar-refractivity contribution in [3.8, 4) is 0 Å². The smallest absolute Gasteiger partial charge is 0.0487 e. The van der Waals surface area contributed by atoms with Crippen LogP contribution in [0, 0.1) is 0 Å². The second-order valence-electron chi connectivity index (χ2n) is 8.91. The molecule has 0 aliphatic carbocycles. The number of nitrogens with two attached hydrogens (primary N) is 2. The molecule has 0 radical (unpaired) electrons.